The van der Waals surface area contributed by atoms with Crippen molar-refractivity contribution in [3.8, 4) is 11.1 Å². The molecule has 0 fully saturated rings. The number of hydrogen-bond acceptors (Lipinski definition) is 0. The van der Waals surface area contributed by atoms with Gasteiger partial charge in [-0.05, 0) is 51.7 Å². The molecule has 0 radical (unpaired) electrons. The maximum absolute atomic E-state index is 15.2. The van der Waals surface area contributed by atoms with Crippen LogP contribution in [0.3, 0.4) is 0 Å². The molecule has 0 saturated heterocycles. The zero-order valence-electron chi connectivity index (χ0n) is 15.7. The minimum absolute atomic E-state index is 0.0699. The highest BCUT2D eigenvalue weighted by molar-refractivity contribution is 5.83. The van der Waals surface area contributed by atoms with Gasteiger partial charge in [-0.15, -0.1) is 0 Å². The fourth-order valence-corrected chi connectivity index (χ4v) is 3.60. The highest BCUT2D eigenvalue weighted by Crippen LogP contribution is 2.37. The molecule has 0 aliphatic carbocycles. The molecule has 0 saturated carbocycles. The summed E-state index contributed by atoms with van der Waals surface area (Å²) in [5.41, 5.74) is 1.17. The molecule has 29 heavy (non-hydrogen) atoms. The molecular formula is C25H18F4. The van der Waals surface area contributed by atoms with Crippen molar-refractivity contribution in [1.29, 1.82) is 0 Å². The first-order valence-electron chi connectivity index (χ1n) is 9.31. The quantitative estimate of drug-likeness (QED) is 0.311. The van der Waals surface area contributed by atoms with Gasteiger partial charge in [0.25, 0.3) is 0 Å². The van der Waals surface area contributed by atoms with Gasteiger partial charge in [0.1, 0.15) is 23.6 Å². The smallest absolute Gasteiger partial charge is 0.132 e. The molecule has 0 N–H and O–H groups in total. The summed E-state index contributed by atoms with van der Waals surface area (Å²) in [7, 11) is 0. The number of halogens is 4. The number of alkyl halides is 1. The van der Waals surface area contributed by atoms with E-state index in [1.54, 1.807) is 25.1 Å². The third kappa shape index (κ3) is 3.88. The molecule has 2 atom stereocenters. The highest BCUT2D eigenvalue weighted by atomic mass is 19.1. The molecule has 0 spiro atoms. The van der Waals surface area contributed by atoms with Gasteiger partial charge in [0.2, 0.25) is 0 Å². The van der Waals surface area contributed by atoms with E-state index in [-0.39, 0.29) is 11.1 Å². The van der Waals surface area contributed by atoms with Gasteiger partial charge in [-0.3, -0.25) is 0 Å². The van der Waals surface area contributed by atoms with Gasteiger partial charge in [0, 0.05) is 17.5 Å². The van der Waals surface area contributed by atoms with E-state index in [0.717, 1.165) is 29.0 Å². The maximum Gasteiger partial charge on any atom is 0.132 e. The van der Waals surface area contributed by atoms with Gasteiger partial charge in [-0.1, -0.05) is 55.5 Å². The van der Waals surface area contributed by atoms with Crippen LogP contribution in [0, 0.1) is 17.5 Å². The predicted octanol–water partition coefficient (Wildman–Crippen LogP) is 7.74. The Labute approximate surface area is 166 Å². The molecule has 0 amide bonds. The van der Waals surface area contributed by atoms with Crippen LogP contribution in [-0.4, -0.2) is 0 Å². The SMILES string of the molecule is CC(c1ccc(-c2cc(F)cc(F)c2)c(F)c1)C(F)c1ccc2ccccc2c1. The lowest BCUT2D eigenvalue weighted by Crippen LogP contribution is -2.04. The summed E-state index contributed by atoms with van der Waals surface area (Å²) in [5, 5.41) is 1.96. The second kappa shape index (κ2) is 7.70. The van der Waals surface area contributed by atoms with Crippen LogP contribution in [0.2, 0.25) is 0 Å². The van der Waals surface area contributed by atoms with E-state index in [4.69, 9.17) is 0 Å². The summed E-state index contributed by atoms with van der Waals surface area (Å²) >= 11 is 0. The van der Waals surface area contributed by atoms with Gasteiger partial charge in [-0.25, -0.2) is 17.6 Å². The number of rotatable bonds is 4. The molecule has 0 aromatic heterocycles. The lowest BCUT2D eigenvalue weighted by molar-refractivity contribution is 0.299. The second-order valence-electron chi connectivity index (χ2n) is 7.19. The Morgan fingerprint density at radius 2 is 1.31 bits per heavy atom. The molecule has 0 heterocycles. The Morgan fingerprint density at radius 3 is 2.00 bits per heavy atom. The van der Waals surface area contributed by atoms with Crippen LogP contribution >= 0.6 is 0 Å². The van der Waals surface area contributed by atoms with Crippen molar-refractivity contribution in [3.63, 3.8) is 0 Å². The first-order chi connectivity index (χ1) is 13.9. The van der Waals surface area contributed by atoms with E-state index >= 15 is 4.39 Å². The van der Waals surface area contributed by atoms with Crippen molar-refractivity contribution in [2.45, 2.75) is 19.0 Å². The molecule has 2 unspecified atom stereocenters. The fourth-order valence-electron chi connectivity index (χ4n) is 3.60. The van der Waals surface area contributed by atoms with Crippen molar-refractivity contribution in [1.82, 2.24) is 0 Å². The molecule has 4 aromatic rings. The Bertz CT molecular complexity index is 1160. The lowest BCUT2D eigenvalue weighted by atomic mass is 9.89. The first kappa shape index (κ1) is 19.2. The average molecular weight is 394 g/mol. The van der Waals surface area contributed by atoms with Gasteiger partial charge in [0.05, 0.1) is 0 Å². The van der Waals surface area contributed by atoms with Crippen LogP contribution < -0.4 is 0 Å². The first-order valence-corrected chi connectivity index (χ1v) is 9.31. The zero-order valence-corrected chi connectivity index (χ0v) is 15.7. The van der Waals surface area contributed by atoms with Crippen LogP contribution in [0.25, 0.3) is 21.9 Å². The fraction of sp³-hybridized carbons (Fsp3) is 0.120. The monoisotopic (exact) mass is 394 g/mol. The summed E-state index contributed by atoms with van der Waals surface area (Å²) < 4.78 is 56.7. The number of hydrogen-bond donors (Lipinski definition) is 0. The van der Waals surface area contributed by atoms with Gasteiger partial charge >= 0.3 is 0 Å². The van der Waals surface area contributed by atoms with Crippen LogP contribution in [0.1, 0.15) is 30.1 Å². The molecule has 0 aliphatic rings. The largest absolute Gasteiger partial charge is 0.242 e. The van der Waals surface area contributed by atoms with Crippen LogP contribution in [-0.2, 0) is 0 Å². The summed E-state index contributed by atoms with van der Waals surface area (Å²) in [5.74, 6) is -2.80. The summed E-state index contributed by atoms with van der Waals surface area (Å²) in [4.78, 5) is 0. The van der Waals surface area contributed by atoms with Crippen LogP contribution in [0.4, 0.5) is 17.6 Å². The summed E-state index contributed by atoms with van der Waals surface area (Å²) in [6.07, 6.45) is -1.32. The Morgan fingerprint density at radius 1 is 0.655 bits per heavy atom. The lowest BCUT2D eigenvalue weighted by Gasteiger charge is -2.19. The van der Waals surface area contributed by atoms with E-state index in [2.05, 4.69) is 0 Å². The molecule has 0 nitrogen and oxygen atoms in total. The zero-order chi connectivity index (χ0) is 20.5. The third-order valence-electron chi connectivity index (χ3n) is 5.22. The standard InChI is InChI=1S/C25H18F4/c1-15(25(29)19-7-6-16-4-2-3-5-18(16)10-19)17-8-9-23(24(28)13-17)20-11-21(26)14-22(27)12-20/h2-15,25H,1H3. The molecule has 0 bridgehead atoms. The Hall–Kier alpha value is -3.14. The van der Waals surface area contributed by atoms with Crippen LogP contribution in [0.5, 0.6) is 0 Å². The maximum atomic E-state index is 15.2. The third-order valence-corrected chi connectivity index (χ3v) is 5.22. The van der Waals surface area contributed by atoms with E-state index in [1.807, 2.05) is 30.3 Å². The predicted molar refractivity (Wildman–Crippen MR) is 108 cm³/mol. The molecule has 146 valence electrons. The molecular weight excluding hydrogens is 376 g/mol. The second-order valence-corrected chi connectivity index (χ2v) is 7.19. The van der Waals surface area contributed by atoms with E-state index < -0.39 is 29.5 Å². The van der Waals surface area contributed by atoms with Crippen molar-refractivity contribution in [2.24, 2.45) is 0 Å². The van der Waals surface area contributed by atoms with Gasteiger partial charge in [0.15, 0.2) is 0 Å². The number of fused-ring (bicyclic) bond motifs is 1. The molecule has 4 aromatic carbocycles. The topological polar surface area (TPSA) is 0 Å². The van der Waals surface area contributed by atoms with Crippen LogP contribution in [0.15, 0.2) is 78.9 Å². The number of benzene rings is 4. The van der Waals surface area contributed by atoms with Crippen molar-refractivity contribution >= 4 is 10.8 Å². The average Bonchev–Trinajstić information content (AvgIpc) is 2.71. The Balaban J connectivity index is 1.64. The van der Waals surface area contributed by atoms with Crippen molar-refractivity contribution in [3.05, 3.63) is 107 Å². The minimum atomic E-state index is -1.32. The Kier molecular flexibility index (Phi) is 5.10. The molecule has 4 heteroatoms. The van der Waals surface area contributed by atoms with E-state index in [1.165, 1.54) is 12.1 Å². The summed E-state index contributed by atoms with van der Waals surface area (Å²) in [6, 6.07) is 20.2. The van der Waals surface area contributed by atoms with Crippen molar-refractivity contribution < 1.29 is 17.6 Å². The van der Waals surface area contributed by atoms with E-state index in [0.29, 0.717) is 11.1 Å². The van der Waals surface area contributed by atoms with E-state index in [9.17, 15) is 13.2 Å². The van der Waals surface area contributed by atoms with Crippen molar-refractivity contribution in [2.75, 3.05) is 0 Å². The minimum Gasteiger partial charge on any atom is -0.242 e. The summed E-state index contributed by atoms with van der Waals surface area (Å²) in [6.45, 7) is 1.69. The van der Waals surface area contributed by atoms with Gasteiger partial charge in [-0.2, -0.15) is 0 Å². The highest BCUT2D eigenvalue weighted by Gasteiger charge is 2.22. The molecule has 4 rings (SSSR count). The van der Waals surface area contributed by atoms with Gasteiger partial charge < -0.3 is 0 Å². The molecule has 0 aliphatic heterocycles. The normalized spacial score (nSPS) is 13.4.